The Balaban J connectivity index is 0.00000119. The van der Waals surface area contributed by atoms with Crippen LogP contribution in [0.15, 0.2) is 30.3 Å². The minimum absolute atomic E-state index is 0.234. The zero-order valence-corrected chi connectivity index (χ0v) is 21.4. The van der Waals surface area contributed by atoms with Gasteiger partial charge in [0.1, 0.15) is 0 Å². The summed E-state index contributed by atoms with van der Waals surface area (Å²) < 4.78 is 0. The van der Waals surface area contributed by atoms with Gasteiger partial charge in [-0.2, -0.15) is 0 Å². The monoisotopic (exact) mass is 437 g/mol. The fourth-order valence-corrected chi connectivity index (χ4v) is 8.69. The first kappa shape index (κ1) is 23.8. The van der Waals surface area contributed by atoms with E-state index in [2.05, 4.69) is 38.1 Å². The Morgan fingerprint density at radius 2 is 1.66 bits per heavy atom. The van der Waals surface area contributed by atoms with Crippen LogP contribution in [-0.4, -0.2) is 17.9 Å². The largest absolute Gasteiger partial charge is 0.341 e. The maximum Gasteiger partial charge on any atom is 0.226 e. The van der Waals surface area contributed by atoms with Crippen molar-refractivity contribution < 1.29 is 4.79 Å². The highest BCUT2D eigenvalue weighted by atomic mass is 16.2. The van der Waals surface area contributed by atoms with Gasteiger partial charge in [-0.15, -0.1) is 0 Å². The average Bonchev–Trinajstić information content (AvgIpc) is 3.17. The van der Waals surface area contributed by atoms with Crippen molar-refractivity contribution in [3.63, 3.8) is 0 Å². The highest BCUT2D eigenvalue weighted by Gasteiger charge is 2.58. The third-order valence-electron chi connectivity index (χ3n) is 10.2. The minimum atomic E-state index is 0.234. The van der Waals surface area contributed by atoms with E-state index in [0.717, 1.165) is 48.5 Å². The Labute approximate surface area is 197 Å². The molecule has 0 N–H and O–H groups in total. The first-order valence-electron chi connectivity index (χ1n) is 13.8. The summed E-state index contributed by atoms with van der Waals surface area (Å²) in [6.07, 6.45) is 12.4. The van der Waals surface area contributed by atoms with Gasteiger partial charge in [0.05, 0.1) is 0 Å². The van der Waals surface area contributed by atoms with Gasteiger partial charge >= 0.3 is 0 Å². The van der Waals surface area contributed by atoms with Crippen LogP contribution in [0.4, 0.5) is 0 Å². The maximum absolute atomic E-state index is 13.6. The van der Waals surface area contributed by atoms with E-state index in [1.807, 2.05) is 31.9 Å². The summed E-state index contributed by atoms with van der Waals surface area (Å²) in [5, 5.41) is 0. The molecule has 0 radical (unpaired) electrons. The fourth-order valence-electron chi connectivity index (χ4n) is 8.69. The number of hydrogen-bond acceptors (Lipinski definition) is 1. The zero-order valence-electron chi connectivity index (χ0n) is 21.4. The summed E-state index contributed by atoms with van der Waals surface area (Å²) in [6.45, 7) is 9.71. The summed E-state index contributed by atoms with van der Waals surface area (Å²) in [6, 6.07) is 10.5. The van der Waals surface area contributed by atoms with Gasteiger partial charge in [-0.3, -0.25) is 4.79 Å². The van der Waals surface area contributed by atoms with E-state index in [-0.39, 0.29) is 11.3 Å². The van der Waals surface area contributed by atoms with E-state index in [0.29, 0.717) is 5.91 Å². The number of amides is 1. The summed E-state index contributed by atoms with van der Waals surface area (Å²) >= 11 is 0. The standard InChI is InChI=1S/C28H41NO.C2H6/c1-19-9-11-22-21(17-19)10-12-24-23(22)15-16-28(2)25(24)13-14-26(28)27(30)29(3)18-20-7-5-4-6-8-20;1-2/h4-8,19,21-26H,9-18H2,1-3H3;1-2H3. The highest BCUT2D eigenvalue weighted by molar-refractivity contribution is 5.80. The van der Waals surface area contributed by atoms with E-state index >= 15 is 0 Å². The van der Waals surface area contributed by atoms with E-state index in [9.17, 15) is 4.79 Å². The van der Waals surface area contributed by atoms with Crippen LogP contribution in [0.5, 0.6) is 0 Å². The molecule has 178 valence electrons. The van der Waals surface area contributed by atoms with Gasteiger partial charge < -0.3 is 4.90 Å². The van der Waals surface area contributed by atoms with Gasteiger partial charge in [-0.05, 0) is 97.9 Å². The quantitative estimate of drug-likeness (QED) is 0.477. The predicted octanol–water partition coefficient (Wildman–Crippen LogP) is 7.58. The van der Waals surface area contributed by atoms with Crippen molar-refractivity contribution in [1.29, 1.82) is 0 Å². The smallest absolute Gasteiger partial charge is 0.226 e. The van der Waals surface area contributed by atoms with Crippen LogP contribution in [0, 0.1) is 46.8 Å². The summed E-state index contributed by atoms with van der Waals surface area (Å²) in [7, 11) is 2.02. The number of benzene rings is 1. The summed E-state index contributed by atoms with van der Waals surface area (Å²) in [5.41, 5.74) is 1.47. The van der Waals surface area contributed by atoms with Gasteiger partial charge in [0.15, 0.2) is 0 Å². The Hall–Kier alpha value is -1.31. The highest BCUT2D eigenvalue weighted by Crippen LogP contribution is 2.64. The van der Waals surface area contributed by atoms with E-state index in [1.54, 1.807) is 0 Å². The maximum atomic E-state index is 13.6. The van der Waals surface area contributed by atoms with E-state index in [4.69, 9.17) is 0 Å². The second-order valence-corrected chi connectivity index (χ2v) is 11.7. The molecule has 5 rings (SSSR count). The lowest BCUT2D eigenvalue weighted by atomic mass is 9.49. The van der Waals surface area contributed by atoms with Crippen LogP contribution in [-0.2, 0) is 11.3 Å². The number of nitrogens with zero attached hydrogens (tertiary/aromatic N) is 1. The lowest BCUT2D eigenvalue weighted by molar-refractivity contribution is -0.142. The molecule has 4 aliphatic rings. The molecule has 0 bridgehead atoms. The van der Waals surface area contributed by atoms with Gasteiger partial charge in [-0.25, -0.2) is 0 Å². The Kier molecular flexibility index (Phi) is 7.37. The molecule has 32 heavy (non-hydrogen) atoms. The molecule has 4 fully saturated rings. The van der Waals surface area contributed by atoms with Crippen LogP contribution < -0.4 is 0 Å². The number of rotatable bonds is 3. The minimum Gasteiger partial charge on any atom is -0.341 e. The van der Waals surface area contributed by atoms with Crippen molar-refractivity contribution in [3.05, 3.63) is 35.9 Å². The predicted molar refractivity (Wildman–Crippen MR) is 134 cm³/mol. The zero-order chi connectivity index (χ0) is 22.9. The molecular formula is C30H47NO. The second-order valence-electron chi connectivity index (χ2n) is 11.7. The molecular weight excluding hydrogens is 390 g/mol. The molecule has 2 heteroatoms. The first-order chi connectivity index (χ1) is 15.5. The first-order valence-corrected chi connectivity index (χ1v) is 13.8. The number of hydrogen-bond donors (Lipinski definition) is 0. The molecule has 1 aromatic carbocycles. The molecule has 0 heterocycles. The molecule has 0 spiro atoms. The van der Waals surface area contributed by atoms with Crippen LogP contribution >= 0.6 is 0 Å². The normalized spacial score (nSPS) is 40.2. The van der Waals surface area contributed by atoms with Crippen molar-refractivity contribution in [1.82, 2.24) is 4.90 Å². The molecule has 1 aromatic rings. The molecule has 0 aliphatic heterocycles. The molecule has 1 amide bonds. The van der Waals surface area contributed by atoms with Gasteiger partial charge in [0.25, 0.3) is 0 Å². The molecule has 8 atom stereocenters. The third kappa shape index (κ3) is 4.28. The topological polar surface area (TPSA) is 20.3 Å². The third-order valence-corrected chi connectivity index (χ3v) is 10.2. The number of carbonyl (C=O) groups is 1. The molecule has 0 saturated heterocycles. The molecule has 0 aromatic heterocycles. The fraction of sp³-hybridized carbons (Fsp3) is 0.767. The van der Waals surface area contributed by atoms with E-state index in [1.165, 1.54) is 56.9 Å². The van der Waals surface area contributed by atoms with Gasteiger partial charge in [-0.1, -0.05) is 64.4 Å². The summed E-state index contributed by atoms with van der Waals surface area (Å²) in [4.78, 5) is 15.6. The van der Waals surface area contributed by atoms with Crippen molar-refractivity contribution in [3.8, 4) is 0 Å². The van der Waals surface area contributed by atoms with Crippen molar-refractivity contribution in [2.45, 2.75) is 92.0 Å². The van der Waals surface area contributed by atoms with Gasteiger partial charge in [0.2, 0.25) is 5.91 Å². The lowest BCUT2D eigenvalue weighted by Gasteiger charge is -2.56. The lowest BCUT2D eigenvalue weighted by Crippen LogP contribution is -2.50. The summed E-state index contributed by atoms with van der Waals surface area (Å²) in [5.74, 6) is 6.25. The molecule has 4 saturated carbocycles. The van der Waals surface area contributed by atoms with E-state index < -0.39 is 0 Å². The average molecular weight is 438 g/mol. The number of fused-ring (bicyclic) bond motifs is 5. The van der Waals surface area contributed by atoms with Crippen LogP contribution in [0.2, 0.25) is 0 Å². The Morgan fingerprint density at radius 3 is 2.41 bits per heavy atom. The SMILES string of the molecule is CC.CC1CCC2C(CCC3C2CCC2(C)C(C(=O)N(C)Cc4ccccc4)CCC32)C1. The van der Waals surface area contributed by atoms with Gasteiger partial charge in [0, 0.05) is 19.5 Å². The number of carbonyl (C=O) groups excluding carboxylic acids is 1. The Bertz CT molecular complexity index is 759. The second kappa shape index (κ2) is 9.90. The van der Waals surface area contributed by atoms with Crippen LogP contribution in [0.3, 0.4) is 0 Å². The molecule has 8 unspecified atom stereocenters. The van der Waals surface area contributed by atoms with Crippen molar-refractivity contribution in [2.24, 2.45) is 46.8 Å². The van der Waals surface area contributed by atoms with Crippen LogP contribution in [0.1, 0.15) is 91.0 Å². The van der Waals surface area contributed by atoms with Crippen LogP contribution in [0.25, 0.3) is 0 Å². The Morgan fingerprint density at radius 1 is 0.938 bits per heavy atom. The van der Waals surface area contributed by atoms with Crippen molar-refractivity contribution in [2.75, 3.05) is 7.05 Å². The molecule has 4 aliphatic carbocycles. The van der Waals surface area contributed by atoms with Crippen molar-refractivity contribution >= 4 is 5.91 Å². The molecule has 2 nitrogen and oxygen atoms in total.